The molecule has 27 heavy (non-hydrogen) atoms. The number of nitrogens with zero attached hydrogens (tertiary/aromatic N) is 2. The molecule has 0 aromatic heterocycles. The van der Waals surface area contributed by atoms with Gasteiger partial charge in [-0.05, 0) is 31.0 Å². The maximum Gasteiger partial charge on any atom is 0.254 e. The number of methoxy groups -OCH3 is 1. The molecule has 0 spiro atoms. The average Bonchev–Trinajstić information content (AvgIpc) is 3.16. The highest BCUT2D eigenvalue weighted by atomic mass is 32.2. The Balaban J connectivity index is 1.85. The lowest BCUT2D eigenvalue weighted by atomic mass is 10.1. The molecule has 0 aliphatic carbocycles. The van der Waals surface area contributed by atoms with E-state index in [1.54, 1.807) is 9.80 Å². The van der Waals surface area contributed by atoms with Crippen molar-refractivity contribution in [2.45, 2.75) is 23.8 Å². The van der Waals surface area contributed by atoms with E-state index >= 15 is 0 Å². The zero-order valence-electron chi connectivity index (χ0n) is 15.5. The smallest absolute Gasteiger partial charge is 0.254 e. The Morgan fingerprint density at radius 3 is 2.52 bits per heavy atom. The van der Waals surface area contributed by atoms with Crippen LogP contribution in [0.4, 0.5) is 0 Å². The molecule has 1 unspecified atom stereocenters. The average molecular weight is 396 g/mol. The minimum atomic E-state index is -3.56. The number of hydrogen-bond acceptors (Lipinski definition) is 6. The van der Waals surface area contributed by atoms with E-state index in [4.69, 9.17) is 9.47 Å². The fraction of sp³-hybridized carbons (Fsp3) is 0.556. The lowest BCUT2D eigenvalue weighted by Crippen LogP contribution is -2.51. The van der Waals surface area contributed by atoms with Crippen molar-refractivity contribution in [1.29, 1.82) is 0 Å². The Morgan fingerprint density at radius 1 is 1.19 bits per heavy atom. The normalized spacial score (nSPS) is 20.6. The number of hydrogen-bond donors (Lipinski definition) is 0. The quantitative estimate of drug-likeness (QED) is 0.738. The van der Waals surface area contributed by atoms with Crippen LogP contribution in [0.2, 0.25) is 0 Å². The van der Waals surface area contributed by atoms with Gasteiger partial charge in [0, 0.05) is 31.5 Å². The maximum atomic E-state index is 13.0. The van der Waals surface area contributed by atoms with Gasteiger partial charge in [0.15, 0.2) is 9.84 Å². The Kier molecular flexibility index (Phi) is 5.71. The first-order chi connectivity index (χ1) is 12.8. The number of benzene rings is 1. The minimum absolute atomic E-state index is 0.0360. The van der Waals surface area contributed by atoms with Gasteiger partial charge in [-0.3, -0.25) is 9.59 Å². The summed E-state index contributed by atoms with van der Waals surface area (Å²) in [7, 11) is -2.18. The fourth-order valence-corrected chi connectivity index (χ4v) is 4.38. The highest BCUT2D eigenvalue weighted by Gasteiger charge is 2.37. The lowest BCUT2D eigenvalue weighted by Gasteiger charge is -2.32. The predicted octanol–water partition coefficient (Wildman–Crippen LogP) is 0.562. The van der Waals surface area contributed by atoms with E-state index in [9.17, 15) is 18.0 Å². The van der Waals surface area contributed by atoms with E-state index in [2.05, 4.69) is 0 Å². The van der Waals surface area contributed by atoms with Crippen molar-refractivity contribution in [3.05, 3.63) is 23.8 Å². The van der Waals surface area contributed by atoms with E-state index in [-0.39, 0.29) is 28.0 Å². The molecule has 2 fully saturated rings. The second kappa shape index (κ2) is 7.85. The third-order valence-electron chi connectivity index (χ3n) is 4.93. The molecule has 148 valence electrons. The van der Waals surface area contributed by atoms with E-state index < -0.39 is 15.9 Å². The van der Waals surface area contributed by atoms with Crippen LogP contribution in [-0.4, -0.2) is 82.3 Å². The van der Waals surface area contributed by atoms with Gasteiger partial charge in [-0.1, -0.05) is 0 Å². The lowest BCUT2D eigenvalue weighted by molar-refractivity contribution is -0.139. The zero-order chi connectivity index (χ0) is 19.6. The number of rotatable bonds is 4. The van der Waals surface area contributed by atoms with Crippen molar-refractivity contribution in [3.63, 3.8) is 0 Å². The number of likely N-dealkylation sites (tertiary alicyclic amines) is 1. The standard InChI is InChI=1S/C18H24N2O6S/c1-25-15-6-5-13(12-16(15)27(2,23)24)17(21)20-7-3-4-14(20)18(22)19-8-10-26-11-9-19/h5-6,12,14H,3-4,7-11H2,1-2H3. The van der Waals surface area contributed by atoms with Gasteiger partial charge in [0.25, 0.3) is 5.91 Å². The largest absolute Gasteiger partial charge is 0.495 e. The van der Waals surface area contributed by atoms with Crippen LogP contribution in [0, 0.1) is 0 Å². The molecule has 9 heteroatoms. The van der Waals surface area contributed by atoms with Crippen LogP contribution in [0.25, 0.3) is 0 Å². The summed E-state index contributed by atoms with van der Waals surface area (Å²) in [5.74, 6) is -0.218. The summed E-state index contributed by atoms with van der Waals surface area (Å²) in [5, 5.41) is 0. The third-order valence-corrected chi connectivity index (χ3v) is 6.05. The van der Waals surface area contributed by atoms with Gasteiger partial charge in [-0.25, -0.2) is 8.42 Å². The molecule has 1 aromatic carbocycles. The summed E-state index contributed by atoms with van der Waals surface area (Å²) in [5.41, 5.74) is 0.234. The van der Waals surface area contributed by atoms with Gasteiger partial charge >= 0.3 is 0 Å². The summed E-state index contributed by atoms with van der Waals surface area (Å²) in [6, 6.07) is 3.81. The summed E-state index contributed by atoms with van der Waals surface area (Å²) in [6.45, 7) is 2.53. The zero-order valence-corrected chi connectivity index (χ0v) is 16.3. The number of ether oxygens (including phenoxy) is 2. The predicted molar refractivity (Wildman–Crippen MR) is 97.6 cm³/mol. The van der Waals surface area contributed by atoms with Crippen LogP contribution >= 0.6 is 0 Å². The van der Waals surface area contributed by atoms with Crippen molar-refractivity contribution >= 4 is 21.7 Å². The van der Waals surface area contributed by atoms with E-state index in [1.165, 1.54) is 25.3 Å². The van der Waals surface area contributed by atoms with Crippen molar-refractivity contribution in [3.8, 4) is 5.75 Å². The number of morpholine rings is 1. The van der Waals surface area contributed by atoms with Crippen LogP contribution in [-0.2, 0) is 19.4 Å². The first-order valence-corrected chi connectivity index (χ1v) is 10.8. The van der Waals surface area contributed by atoms with Crippen LogP contribution in [0.1, 0.15) is 23.2 Å². The van der Waals surface area contributed by atoms with Gasteiger partial charge in [-0.2, -0.15) is 0 Å². The van der Waals surface area contributed by atoms with E-state index in [1.807, 2.05) is 0 Å². The van der Waals surface area contributed by atoms with Crippen molar-refractivity contribution in [2.75, 3.05) is 46.2 Å². The minimum Gasteiger partial charge on any atom is -0.495 e. The summed E-state index contributed by atoms with van der Waals surface area (Å²) in [6.07, 6.45) is 2.41. The van der Waals surface area contributed by atoms with Crippen LogP contribution in [0.15, 0.2) is 23.1 Å². The molecule has 1 aromatic rings. The topological polar surface area (TPSA) is 93.2 Å². The number of amides is 2. The first kappa shape index (κ1) is 19.6. The Labute approximate surface area is 158 Å². The van der Waals surface area contributed by atoms with E-state index in [0.717, 1.165) is 12.7 Å². The van der Waals surface area contributed by atoms with E-state index in [0.29, 0.717) is 39.3 Å². The Morgan fingerprint density at radius 2 is 1.89 bits per heavy atom. The molecule has 2 aliphatic heterocycles. The monoisotopic (exact) mass is 396 g/mol. The molecular formula is C18H24N2O6S. The molecule has 8 nitrogen and oxygen atoms in total. The van der Waals surface area contributed by atoms with Crippen molar-refractivity contribution in [1.82, 2.24) is 9.80 Å². The molecule has 0 saturated carbocycles. The van der Waals surface area contributed by atoms with Crippen LogP contribution < -0.4 is 4.74 Å². The third kappa shape index (κ3) is 4.08. The second-order valence-corrected chi connectivity index (χ2v) is 8.72. The molecule has 2 aliphatic rings. The Bertz CT molecular complexity index is 832. The Hall–Kier alpha value is -2.13. The van der Waals surface area contributed by atoms with Gasteiger partial charge in [0.1, 0.15) is 16.7 Å². The number of carbonyl (C=O) groups is 2. The summed E-state index contributed by atoms with van der Waals surface area (Å²) in [4.78, 5) is 29.1. The fourth-order valence-electron chi connectivity index (χ4n) is 3.53. The molecule has 2 heterocycles. The second-order valence-electron chi connectivity index (χ2n) is 6.73. The SMILES string of the molecule is COc1ccc(C(=O)N2CCCC2C(=O)N2CCOCC2)cc1S(C)(=O)=O. The van der Waals surface area contributed by atoms with Crippen LogP contribution in [0.3, 0.4) is 0 Å². The molecule has 2 amide bonds. The van der Waals surface area contributed by atoms with Gasteiger partial charge in [-0.15, -0.1) is 0 Å². The summed E-state index contributed by atoms with van der Waals surface area (Å²) < 4.78 is 34.4. The first-order valence-electron chi connectivity index (χ1n) is 8.88. The molecule has 0 N–H and O–H groups in total. The number of carbonyl (C=O) groups excluding carboxylic acids is 2. The van der Waals surface area contributed by atoms with Crippen molar-refractivity contribution < 1.29 is 27.5 Å². The molecule has 0 radical (unpaired) electrons. The van der Waals surface area contributed by atoms with Gasteiger partial charge in [0.05, 0.1) is 20.3 Å². The van der Waals surface area contributed by atoms with Crippen molar-refractivity contribution in [2.24, 2.45) is 0 Å². The highest BCUT2D eigenvalue weighted by molar-refractivity contribution is 7.90. The molecule has 0 bridgehead atoms. The molecular weight excluding hydrogens is 372 g/mol. The summed E-state index contributed by atoms with van der Waals surface area (Å²) >= 11 is 0. The number of sulfone groups is 1. The molecule has 1 atom stereocenters. The van der Waals surface area contributed by atoms with Gasteiger partial charge < -0.3 is 19.3 Å². The maximum absolute atomic E-state index is 13.0. The van der Waals surface area contributed by atoms with Gasteiger partial charge in [0.2, 0.25) is 5.91 Å². The highest BCUT2D eigenvalue weighted by Crippen LogP contribution is 2.28. The molecule has 3 rings (SSSR count). The van der Waals surface area contributed by atoms with Crippen LogP contribution in [0.5, 0.6) is 5.75 Å². The molecule has 2 saturated heterocycles.